The van der Waals surface area contributed by atoms with Crippen LogP contribution in [0.25, 0.3) is 0 Å². The summed E-state index contributed by atoms with van der Waals surface area (Å²) in [4.78, 5) is 0. The highest BCUT2D eigenvalue weighted by atomic mass is 19.2. The van der Waals surface area contributed by atoms with Crippen LogP contribution in [0.15, 0.2) is 12.1 Å². The lowest BCUT2D eigenvalue weighted by Crippen LogP contribution is -2.06. The molecule has 1 nitrogen and oxygen atoms in total. The van der Waals surface area contributed by atoms with Crippen LogP contribution in [0.4, 0.5) is 13.2 Å². The van der Waals surface area contributed by atoms with Crippen LogP contribution in [-0.4, -0.2) is 5.11 Å². The van der Waals surface area contributed by atoms with E-state index in [1.807, 2.05) is 0 Å². The summed E-state index contributed by atoms with van der Waals surface area (Å²) in [5.74, 6) is -2.29. The van der Waals surface area contributed by atoms with E-state index in [2.05, 4.69) is 0 Å². The van der Waals surface area contributed by atoms with Crippen molar-refractivity contribution in [2.45, 2.75) is 31.8 Å². The Morgan fingerprint density at radius 2 is 1.50 bits per heavy atom. The van der Waals surface area contributed by atoms with Crippen LogP contribution < -0.4 is 0 Å². The summed E-state index contributed by atoms with van der Waals surface area (Å²) in [5, 5.41) is 10.2. The maximum atomic E-state index is 13.6. The third-order valence-electron chi connectivity index (χ3n) is 4.45. The highest BCUT2D eigenvalue weighted by Crippen LogP contribution is 2.60. The predicted molar refractivity (Wildman–Crippen MR) is 60.2 cm³/mol. The third-order valence-corrected chi connectivity index (χ3v) is 4.45. The molecule has 98 valence electrons. The molecule has 1 N–H and O–H groups in total. The van der Waals surface area contributed by atoms with E-state index < -0.39 is 23.6 Å². The number of fused-ring (bicyclic) bond motifs is 1. The molecule has 2 aliphatic carbocycles. The van der Waals surface area contributed by atoms with Crippen LogP contribution in [0.3, 0.4) is 0 Å². The molecule has 0 aliphatic heterocycles. The fourth-order valence-electron chi connectivity index (χ4n) is 3.49. The zero-order valence-corrected chi connectivity index (χ0v) is 9.87. The molecule has 4 heteroatoms. The summed E-state index contributed by atoms with van der Waals surface area (Å²) in [6.45, 7) is 0. The van der Waals surface area contributed by atoms with Crippen LogP contribution >= 0.6 is 0 Å². The second-order valence-electron chi connectivity index (χ2n) is 5.42. The molecule has 3 atom stereocenters. The fraction of sp³-hybridized carbons (Fsp3) is 0.571. The van der Waals surface area contributed by atoms with Crippen molar-refractivity contribution in [1.29, 1.82) is 0 Å². The van der Waals surface area contributed by atoms with Crippen LogP contribution in [0.2, 0.25) is 0 Å². The van der Waals surface area contributed by atoms with Crippen LogP contribution in [0.5, 0.6) is 0 Å². The van der Waals surface area contributed by atoms with E-state index in [1.54, 1.807) is 0 Å². The standard InChI is InChI=1S/C14H15F3O/c15-10-6-12(17)11(16)5-9(10)14(18)13-7-3-1-2-4-8(7)13/h5-8,13-14,18H,1-4H2. The predicted octanol–water partition coefficient (Wildman–Crippen LogP) is 3.57. The van der Waals surface area contributed by atoms with Crippen molar-refractivity contribution >= 4 is 0 Å². The van der Waals surface area contributed by atoms with E-state index in [0.717, 1.165) is 31.7 Å². The summed E-state index contributed by atoms with van der Waals surface area (Å²) < 4.78 is 39.5. The molecule has 2 saturated carbocycles. The molecular formula is C14H15F3O. The van der Waals surface area contributed by atoms with Gasteiger partial charge in [0.1, 0.15) is 5.82 Å². The average Bonchev–Trinajstić information content (AvgIpc) is 3.07. The minimum absolute atomic E-state index is 0.0202. The smallest absolute Gasteiger partial charge is 0.161 e. The Morgan fingerprint density at radius 3 is 2.11 bits per heavy atom. The van der Waals surface area contributed by atoms with Gasteiger partial charge in [0, 0.05) is 11.6 Å². The number of benzene rings is 1. The topological polar surface area (TPSA) is 20.2 Å². The molecule has 2 fully saturated rings. The van der Waals surface area contributed by atoms with Crippen LogP contribution in [0.1, 0.15) is 37.4 Å². The van der Waals surface area contributed by atoms with Gasteiger partial charge in [-0.05, 0) is 36.7 Å². The Balaban J connectivity index is 1.85. The van der Waals surface area contributed by atoms with Crippen molar-refractivity contribution in [2.75, 3.05) is 0 Å². The van der Waals surface area contributed by atoms with Gasteiger partial charge in [-0.15, -0.1) is 0 Å². The second kappa shape index (κ2) is 4.26. The van der Waals surface area contributed by atoms with Crippen LogP contribution in [0, 0.1) is 35.2 Å². The van der Waals surface area contributed by atoms with E-state index in [4.69, 9.17) is 0 Å². The monoisotopic (exact) mass is 256 g/mol. The molecule has 0 bridgehead atoms. The molecule has 18 heavy (non-hydrogen) atoms. The molecule has 0 saturated heterocycles. The second-order valence-corrected chi connectivity index (χ2v) is 5.42. The largest absolute Gasteiger partial charge is 0.388 e. The lowest BCUT2D eigenvalue weighted by molar-refractivity contribution is 0.137. The van der Waals surface area contributed by atoms with Crippen molar-refractivity contribution < 1.29 is 18.3 Å². The number of halogens is 3. The maximum absolute atomic E-state index is 13.6. The minimum atomic E-state index is -1.21. The summed E-state index contributed by atoms with van der Waals surface area (Å²) in [7, 11) is 0. The molecule has 3 rings (SSSR count). The molecule has 0 aromatic heterocycles. The van der Waals surface area contributed by atoms with Crippen molar-refractivity contribution in [3.8, 4) is 0 Å². The van der Waals surface area contributed by atoms with Crippen molar-refractivity contribution in [1.82, 2.24) is 0 Å². The SMILES string of the molecule is OC(c1cc(F)c(F)cc1F)C1C2CCCCC21. The molecule has 1 aromatic rings. The molecule has 0 radical (unpaired) electrons. The van der Waals surface area contributed by atoms with Crippen molar-refractivity contribution in [3.05, 3.63) is 35.1 Å². The Morgan fingerprint density at radius 1 is 0.944 bits per heavy atom. The molecule has 3 unspecified atom stereocenters. The first kappa shape index (κ1) is 12.0. The normalized spacial score (nSPS) is 31.9. The Bertz CT molecular complexity index is 462. The van der Waals surface area contributed by atoms with E-state index in [0.29, 0.717) is 17.9 Å². The van der Waals surface area contributed by atoms with Gasteiger partial charge in [0.25, 0.3) is 0 Å². The number of rotatable bonds is 2. The number of aliphatic hydroxyl groups is 1. The molecule has 0 spiro atoms. The fourth-order valence-corrected chi connectivity index (χ4v) is 3.49. The van der Waals surface area contributed by atoms with Gasteiger partial charge in [-0.1, -0.05) is 12.8 Å². The highest BCUT2D eigenvalue weighted by molar-refractivity contribution is 5.25. The quantitative estimate of drug-likeness (QED) is 0.802. The molecule has 0 heterocycles. The molecule has 0 amide bonds. The van der Waals surface area contributed by atoms with Crippen molar-refractivity contribution in [3.63, 3.8) is 0 Å². The first-order chi connectivity index (χ1) is 8.59. The van der Waals surface area contributed by atoms with Gasteiger partial charge in [0.05, 0.1) is 6.10 Å². The molecular weight excluding hydrogens is 241 g/mol. The third kappa shape index (κ3) is 1.83. The van der Waals surface area contributed by atoms with Crippen LogP contribution in [-0.2, 0) is 0 Å². The maximum Gasteiger partial charge on any atom is 0.161 e. The van der Waals surface area contributed by atoms with Gasteiger partial charge in [0.15, 0.2) is 11.6 Å². The lowest BCUT2D eigenvalue weighted by atomic mass is 10.0. The van der Waals surface area contributed by atoms with E-state index in [-0.39, 0.29) is 11.5 Å². The number of hydrogen-bond donors (Lipinski definition) is 1. The van der Waals surface area contributed by atoms with Gasteiger partial charge in [-0.25, -0.2) is 13.2 Å². The summed E-state index contributed by atoms with van der Waals surface area (Å²) >= 11 is 0. The minimum Gasteiger partial charge on any atom is -0.388 e. The first-order valence-corrected chi connectivity index (χ1v) is 6.42. The van der Waals surface area contributed by atoms with Gasteiger partial charge < -0.3 is 5.11 Å². The zero-order chi connectivity index (χ0) is 12.9. The zero-order valence-electron chi connectivity index (χ0n) is 9.87. The Labute approximate surface area is 104 Å². The number of aliphatic hydroxyl groups excluding tert-OH is 1. The highest BCUT2D eigenvalue weighted by Gasteiger charge is 2.54. The van der Waals surface area contributed by atoms with Gasteiger partial charge in [-0.3, -0.25) is 0 Å². The van der Waals surface area contributed by atoms with Gasteiger partial charge >= 0.3 is 0 Å². The van der Waals surface area contributed by atoms with Gasteiger partial charge in [0.2, 0.25) is 0 Å². The first-order valence-electron chi connectivity index (χ1n) is 6.42. The average molecular weight is 256 g/mol. The number of hydrogen-bond acceptors (Lipinski definition) is 1. The summed E-state index contributed by atoms with van der Waals surface area (Å²) in [6.07, 6.45) is 3.39. The van der Waals surface area contributed by atoms with E-state index in [9.17, 15) is 18.3 Å². The molecule has 1 aromatic carbocycles. The Hall–Kier alpha value is -1.03. The summed E-state index contributed by atoms with van der Waals surface area (Å²) in [6, 6.07) is 1.31. The van der Waals surface area contributed by atoms with E-state index in [1.165, 1.54) is 0 Å². The lowest BCUT2D eigenvalue weighted by Gasteiger charge is -2.12. The van der Waals surface area contributed by atoms with Gasteiger partial charge in [-0.2, -0.15) is 0 Å². The molecule has 2 aliphatic rings. The Kier molecular flexibility index (Phi) is 2.85. The summed E-state index contributed by atoms with van der Waals surface area (Å²) in [5.41, 5.74) is -0.103. The van der Waals surface area contributed by atoms with E-state index >= 15 is 0 Å². The van der Waals surface area contributed by atoms with Crippen molar-refractivity contribution in [2.24, 2.45) is 17.8 Å².